The first-order valence-corrected chi connectivity index (χ1v) is 7.93. The third-order valence-electron chi connectivity index (χ3n) is 3.55. The second kappa shape index (κ2) is 8.50. The SMILES string of the molecule is CC(C)C(NC(=O)Nc1ccccc1)C(=O)Nc1ccc(C#N)cc1. The van der Waals surface area contributed by atoms with Crippen LogP contribution in [-0.2, 0) is 4.79 Å². The first-order chi connectivity index (χ1) is 12.0. The molecule has 0 aliphatic heterocycles. The smallest absolute Gasteiger partial charge is 0.319 e. The zero-order valence-electron chi connectivity index (χ0n) is 14.1. The number of anilines is 2. The summed E-state index contributed by atoms with van der Waals surface area (Å²) in [4.78, 5) is 24.6. The van der Waals surface area contributed by atoms with E-state index in [1.807, 2.05) is 38.1 Å². The molecule has 0 saturated heterocycles. The number of hydrogen-bond donors (Lipinski definition) is 3. The van der Waals surface area contributed by atoms with Crippen molar-refractivity contribution in [1.82, 2.24) is 5.32 Å². The Balaban J connectivity index is 1.99. The van der Waals surface area contributed by atoms with Crippen molar-refractivity contribution in [2.75, 3.05) is 10.6 Å². The van der Waals surface area contributed by atoms with Crippen LogP contribution >= 0.6 is 0 Å². The third kappa shape index (κ3) is 5.36. The van der Waals surface area contributed by atoms with E-state index in [0.29, 0.717) is 16.9 Å². The van der Waals surface area contributed by atoms with E-state index in [4.69, 9.17) is 5.26 Å². The summed E-state index contributed by atoms with van der Waals surface area (Å²) in [5.74, 6) is -0.414. The van der Waals surface area contributed by atoms with Gasteiger partial charge in [-0.2, -0.15) is 5.26 Å². The predicted octanol–water partition coefficient (Wildman–Crippen LogP) is 3.34. The van der Waals surface area contributed by atoms with Gasteiger partial charge < -0.3 is 16.0 Å². The number of nitrogens with zero attached hydrogens (tertiary/aromatic N) is 1. The quantitative estimate of drug-likeness (QED) is 0.781. The zero-order valence-corrected chi connectivity index (χ0v) is 14.1. The molecule has 2 rings (SSSR count). The largest absolute Gasteiger partial charge is 0.326 e. The average molecular weight is 336 g/mol. The summed E-state index contributed by atoms with van der Waals surface area (Å²) < 4.78 is 0. The lowest BCUT2D eigenvalue weighted by Gasteiger charge is -2.22. The number of para-hydroxylation sites is 1. The first kappa shape index (κ1) is 18.0. The van der Waals surface area contributed by atoms with E-state index in [9.17, 15) is 9.59 Å². The van der Waals surface area contributed by atoms with Crippen molar-refractivity contribution in [2.45, 2.75) is 19.9 Å². The van der Waals surface area contributed by atoms with E-state index in [0.717, 1.165) is 0 Å². The molecule has 0 aromatic heterocycles. The van der Waals surface area contributed by atoms with Crippen LogP contribution in [0.2, 0.25) is 0 Å². The minimum atomic E-state index is -0.695. The van der Waals surface area contributed by atoms with Crippen molar-refractivity contribution in [1.29, 1.82) is 5.26 Å². The van der Waals surface area contributed by atoms with Gasteiger partial charge >= 0.3 is 6.03 Å². The van der Waals surface area contributed by atoms with Gasteiger partial charge in [-0.15, -0.1) is 0 Å². The molecule has 0 radical (unpaired) electrons. The molecule has 2 aromatic carbocycles. The topological polar surface area (TPSA) is 94.0 Å². The van der Waals surface area contributed by atoms with Crippen molar-refractivity contribution in [3.05, 3.63) is 60.2 Å². The van der Waals surface area contributed by atoms with Crippen LogP contribution in [0, 0.1) is 17.2 Å². The molecular weight excluding hydrogens is 316 g/mol. The molecule has 0 bridgehead atoms. The zero-order chi connectivity index (χ0) is 18.2. The number of carbonyl (C=O) groups is 2. The Morgan fingerprint density at radius 2 is 1.52 bits per heavy atom. The van der Waals surface area contributed by atoms with E-state index in [1.54, 1.807) is 36.4 Å². The lowest BCUT2D eigenvalue weighted by atomic mass is 10.0. The van der Waals surface area contributed by atoms with E-state index in [2.05, 4.69) is 16.0 Å². The van der Waals surface area contributed by atoms with E-state index in [-0.39, 0.29) is 11.8 Å². The highest BCUT2D eigenvalue weighted by Gasteiger charge is 2.24. The monoisotopic (exact) mass is 336 g/mol. The summed E-state index contributed by atoms with van der Waals surface area (Å²) in [5, 5.41) is 16.9. The van der Waals surface area contributed by atoms with Crippen LogP contribution in [0.4, 0.5) is 16.2 Å². The Morgan fingerprint density at radius 3 is 2.08 bits per heavy atom. The van der Waals surface area contributed by atoms with Gasteiger partial charge in [-0.3, -0.25) is 4.79 Å². The lowest BCUT2D eigenvalue weighted by Crippen LogP contribution is -2.48. The van der Waals surface area contributed by atoms with Crippen molar-refractivity contribution < 1.29 is 9.59 Å². The number of hydrogen-bond acceptors (Lipinski definition) is 3. The number of amides is 3. The van der Waals surface area contributed by atoms with Gasteiger partial charge in [-0.05, 0) is 42.3 Å². The van der Waals surface area contributed by atoms with E-state index in [1.165, 1.54) is 0 Å². The molecule has 0 spiro atoms. The summed E-state index contributed by atoms with van der Waals surface area (Å²) in [6, 6.07) is 16.4. The number of benzene rings is 2. The Hall–Kier alpha value is -3.33. The van der Waals surface area contributed by atoms with Gasteiger partial charge in [-0.1, -0.05) is 32.0 Å². The number of carbonyl (C=O) groups excluding carboxylic acids is 2. The normalized spacial score (nSPS) is 11.3. The fourth-order valence-corrected chi connectivity index (χ4v) is 2.21. The lowest BCUT2D eigenvalue weighted by molar-refractivity contribution is -0.118. The summed E-state index contributed by atoms with van der Waals surface area (Å²) >= 11 is 0. The molecule has 6 nitrogen and oxygen atoms in total. The molecule has 3 amide bonds. The predicted molar refractivity (Wildman–Crippen MR) is 97.0 cm³/mol. The highest BCUT2D eigenvalue weighted by atomic mass is 16.2. The summed E-state index contributed by atoms with van der Waals surface area (Å²) in [6.45, 7) is 3.71. The molecule has 1 unspecified atom stereocenters. The fraction of sp³-hybridized carbons (Fsp3) is 0.211. The summed E-state index contributed by atoms with van der Waals surface area (Å²) in [5.41, 5.74) is 1.73. The van der Waals surface area contributed by atoms with Crippen molar-refractivity contribution in [3.8, 4) is 6.07 Å². The molecule has 0 fully saturated rings. The number of nitriles is 1. The Morgan fingerprint density at radius 1 is 0.920 bits per heavy atom. The van der Waals surface area contributed by atoms with Crippen LogP contribution in [0.5, 0.6) is 0 Å². The minimum Gasteiger partial charge on any atom is -0.326 e. The fourth-order valence-electron chi connectivity index (χ4n) is 2.21. The second-order valence-corrected chi connectivity index (χ2v) is 5.86. The van der Waals surface area contributed by atoms with Crippen LogP contribution in [-0.4, -0.2) is 18.0 Å². The minimum absolute atomic E-state index is 0.0973. The van der Waals surface area contributed by atoms with Crippen molar-refractivity contribution in [3.63, 3.8) is 0 Å². The molecule has 3 N–H and O–H groups in total. The van der Waals surface area contributed by atoms with Crippen LogP contribution < -0.4 is 16.0 Å². The molecular formula is C19H20N4O2. The summed E-state index contributed by atoms with van der Waals surface area (Å²) in [6.07, 6.45) is 0. The van der Waals surface area contributed by atoms with E-state index >= 15 is 0 Å². The Bertz CT molecular complexity index is 764. The van der Waals surface area contributed by atoms with Crippen molar-refractivity contribution >= 4 is 23.3 Å². The molecule has 0 aliphatic rings. The molecule has 0 aliphatic carbocycles. The Kier molecular flexibility index (Phi) is 6.13. The van der Waals surface area contributed by atoms with Crippen molar-refractivity contribution in [2.24, 2.45) is 5.92 Å². The highest BCUT2D eigenvalue weighted by Crippen LogP contribution is 2.12. The molecule has 0 saturated carbocycles. The molecule has 1 atom stereocenters. The van der Waals surface area contributed by atoms with Gasteiger partial charge in [0.05, 0.1) is 11.6 Å². The third-order valence-corrected chi connectivity index (χ3v) is 3.55. The molecule has 6 heteroatoms. The van der Waals surface area contributed by atoms with Crippen LogP contribution in [0.1, 0.15) is 19.4 Å². The molecule has 2 aromatic rings. The maximum absolute atomic E-state index is 12.5. The van der Waals surface area contributed by atoms with Gasteiger partial charge in [0.2, 0.25) is 5.91 Å². The molecule has 0 heterocycles. The second-order valence-electron chi connectivity index (χ2n) is 5.86. The molecule has 25 heavy (non-hydrogen) atoms. The standard InChI is InChI=1S/C19H20N4O2/c1-13(2)17(23-19(25)22-15-6-4-3-5-7-15)18(24)21-16-10-8-14(12-20)9-11-16/h3-11,13,17H,1-2H3,(H,21,24)(H2,22,23,25). The average Bonchev–Trinajstić information content (AvgIpc) is 2.61. The van der Waals surface area contributed by atoms with Crippen LogP contribution in [0.15, 0.2) is 54.6 Å². The van der Waals surface area contributed by atoms with E-state index < -0.39 is 12.1 Å². The summed E-state index contributed by atoms with van der Waals surface area (Å²) in [7, 11) is 0. The van der Waals surface area contributed by atoms with Gasteiger partial charge in [0, 0.05) is 11.4 Å². The maximum Gasteiger partial charge on any atom is 0.319 e. The first-order valence-electron chi connectivity index (χ1n) is 7.93. The number of urea groups is 1. The van der Waals surface area contributed by atoms with Crippen LogP contribution in [0.25, 0.3) is 0 Å². The van der Waals surface area contributed by atoms with Gasteiger partial charge in [0.15, 0.2) is 0 Å². The highest BCUT2D eigenvalue weighted by molar-refractivity contribution is 5.99. The van der Waals surface area contributed by atoms with Gasteiger partial charge in [0.25, 0.3) is 0 Å². The maximum atomic E-state index is 12.5. The Labute approximate surface area is 146 Å². The van der Waals surface area contributed by atoms with Crippen LogP contribution in [0.3, 0.4) is 0 Å². The van der Waals surface area contributed by atoms with Gasteiger partial charge in [0.1, 0.15) is 6.04 Å². The molecule has 128 valence electrons. The van der Waals surface area contributed by atoms with Gasteiger partial charge in [-0.25, -0.2) is 4.79 Å². The number of rotatable bonds is 5. The number of nitrogens with one attached hydrogen (secondary N) is 3.